The zero-order valence-corrected chi connectivity index (χ0v) is 25.2. The second-order valence-electron chi connectivity index (χ2n) is 11.2. The molecule has 3 aliphatic rings. The Kier molecular flexibility index (Phi) is 9.43. The van der Waals surface area contributed by atoms with Gasteiger partial charge in [-0.15, -0.1) is 0 Å². The van der Waals surface area contributed by atoms with E-state index in [4.69, 9.17) is 29.7 Å². The third-order valence-electron chi connectivity index (χ3n) is 8.28. The lowest BCUT2D eigenvalue weighted by Gasteiger charge is -2.28. The molecule has 2 heterocycles. The Morgan fingerprint density at radius 2 is 1.84 bits per heavy atom. The number of rotatable bonds is 11. The first-order valence-electron chi connectivity index (χ1n) is 15.4. The van der Waals surface area contributed by atoms with Gasteiger partial charge in [0.25, 0.3) is 0 Å². The van der Waals surface area contributed by atoms with Gasteiger partial charge in [0.1, 0.15) is 5.75 Å². The molecule has 230 valence electrons. The van der Waals surface area contributed by atoms with E-state index in [9.17, 15) is 4.79 Å². The lowest BCUT2D eigenvalue weighted by atomic mass is 9.84. The summed E-state index contributed by atoms with van der Waals surface area (Å²) < 4.78 is 22.9. The van der Waals surface area contributed by atoms with Gasteiger partial charge in [-0.25, -0.2) is 0 Å². The minimum atomic E-state index is -0.292. The molecule has 9 nitrogen and oxygen atoms in total. The highest BCUT2D eigenvalue weighted by Gasteiger charge is 2.31. The van der Waals surface area contributed by atoms with E-state index < -0.39 is 0 Å². The first kappa shape index (κ1) is 29.7. The summed E-state index contributed by atoms with van der Waals surface area (Å²) in [6.07, 6.45) is 5.00. The summed E-state index contributed by atoms with van der Waals surface area (Å²) in [6, 6.07) is 20.2. The molecule has 1 aliphatic carbocycles. The summed E-state index contributed by atoms with van der Waals surface area (Å²) in [4.78, 5) is 20.6. The summed E-state index contributed by atoms with van der Waals surface area (Å²) in [5.41, 5.74) is 12.3. The van der Waals surface area contributed by atoms with Crippen molar-refractivity contribution in [2.75, 3.05) is 63.4 Å². The Labute approximate surface area is 258 Å². The number of methoxy groups -OCH3 is 1. The number of nitrogens with zero attached hydrogens (tertiary/aromatic N) is 2. The molecule has 0 spiro atoms. The van der Waals surface area contributed by atoms with Crippen molar-refractivity contribution < 1.29 is 23.7 Å². The summed E-state index contributed by atoms with van der Waals surface area (Å²) in [6.45, 7) is 5.01. The lowest BCUT2D eigenvalue weighted by molar-refractivity contribution is -0.118. The second-order valence-corrected chi connectivity index (χ2v) is 11.2. The number of morpholine rings is 1. The van der Waals surface area contributed by atoms with Crippen LogP contribution >= 0.6 is 0 Å². The van der Waals surface area contributed by atoms with Crippen LogP contribution in [0.1, 0.15) is 30.4 Å². The van der Waals surface area contributed by atoms with E-state index in [0.717, 1.165) is 78.7 Å². The Morgan fingerprint density at radius 3 is 2.64 bits per heavy atom. The molecule has 1 fully saturated rings. The number of carbonyl (C=O) groups is 1. The molecule has 3 aromatic rings. The molecule has 3 aromatic carbocycles. The van der Waals surface area contributed by atoms with Crippen LogP contribution in [0, 0.1) is 5.92 Å². The van der Waals surface area contributed by atoms with E-state index in [1.807, 2.05) is 42.5 Å². The number of hydrogen-bond acceptors (Lipinski definition) is 8. The van der Waals surface area contributed by atoms with Gasteiger partial charge in [-0.05, 0) is 97.1 Å². The SMILES string of the molecule is COc1cc(C2=CC3=Nc4ccc(CCOc5ccc(N6CCOCC6)cc5)cc4NC(=O)C3CC2)ccc1OCCCN. The maximum Gasteiger partial charge on any atom is 0.233 e. The molecular weight excluding hydrogens is 556 g/mol. The van der Waals surface area contributed by atoms with Crippen LogP contribution in [0.4, 0.5) is 17.1 Å². The van der Waals surface area contributed by atoms with E-state index in [1.54, 1.807) is 7.11 Å². The van der Waals surface area contributed by atoms with Crippen molar-refractivity contribution in [3.05, 3.63) is 77.9 Å². The zero-order chi connectivity index (χ0) is 30.3. The fraction of sp³-hybridized carbons (Fsp3) is 0.371. The van der Waals surface area contributed by atoms with Crippen molar-refractivity contribution in [2.24, 2.45) is 16.6 Å². The monoisotopic (exact) mass is 596 g/mol. The quantitative estimate of drug-likeness (QED) is 0.286. The number of hydrogen-bond donors (Lipinski definition) is 2. The van der Waals surface area contributed by atoms with Gasteiger partial charge in [0.05, 0.1) is 56.5 Å². The van der Waals surface area contributed by atoms with Crippen LogP contribution in [0.2, 0.25) is 0 Å². The highest BCUT2D eigenvalue weighted by molar-refractivity contribution is 6.19. The fourth-order valence-electron chi connectivity index (χ4n) is 5.81. The van der Waals surface area contributed by atoms with Crippen molar-refractivity contribution in [1.29, 1.82) is 0 Å². The maximum atomic E-state index is 13.3. The van der Waals surface area contributed by atoms with Crippen molar-refractivity contribution in [1.82, 2.24) is 0 Å². The molecule has 0 bridgehead atoms. The Hall–Kier alpha value is -4.34. The van der Waals surface area contributed by atoms with Gasteiger partial charge in [0.15, 0.2) is 11.5 Å². The third kappa shape index (κ3) is 6.90. The molecule has 0 aromatic heterocycles. The van der Waals surface area contributed by atoms with Crippen molar-refractivity contribution in [3.63, 3.8) is 0 Å². The zero-order valence-electron chi connectivity index (χ0n) is 25.2. The number of fused-ring (bicyclic) bond motifs is 2. The molecular formula is C35H40N4O5. The fourth-order valence-corrected chi connectivity index (χ4v) is 5.81. The number of benzene rings is 3. The highest BCUT2D eigenvalue weighted by atomic mass is 16.5. The number of nitrogens with one attached hydrogen (secondary N) is 1. The van der Waals surface area contributed by atoms with Gasteiger partial charge in [0, 0.05) is 25.2 Å². The van der Waals surface area contributed by atoms with Crippen LogP contribution in [0.5, 0.6) is 17.2 Å². The van der Waals surface area contributed by atoms with Crippen LogP contribution in [0.3, 0.4) is 0 Å². The number of ether oxygens (including phenoxy) is 4. The summed E-state index contributed by atoms with van der Waals surface area (Å²) in [5.74, 6) is 1.90. The summed E-state index contributed by atoms with van der Waals surface area (Å²) >= 11 is 0. The van der Waals surface area contributed by atoms with Gasteiger partial charge in [-0.1, -0.05) is 12.1 Å². The van der Waals surface area contributed by atoms with E-state index in [1.165, 1.54) is 5.69 Å². The molecule has 44 heavy (non-hydrogen) atoms. The first-order chi connectivity index (χ1) is 21.6. The topological polar surface area (TPSA) is 108 Å². The standard InChI is InChI=1S/C35H40N4O5/c1-41-34-23-26(5-12-33(34)44-17-2-14-36)25-4-10-29-31(22-25)37-30-11-3-24(21-32(30)38-35(29)40)13-18-43-28-8-6-27(7-9-28)39-15-19-42-20-16-39/h3,5-9,11-12,21-23,29H,2,4,10,13-20,36H2,1H3,(H,38,40). The van der Waals surface area contributed by atoms with Crippen LogP contribution in [0.25, 0.3) is 5.57 Å². The molecule has 9 heteroatoms. The smallest absolute Gasteiger partial charge is 0.233 e. The van der Waals surface area contributed by atoms with Crippen LogP contribution in [-0.4, -0.2) is 64.8 Å². The Balaban J connectivity index is 1.12. The van der Waals surface area contributed by atoms with E-state index >= 15 is 0 Å². The Morgan fingerprint density at radius 1 is 1.00 bits per heavy atom. The maximum absolute atomic E-state index is 13.3. The largest absolute Gasteiger partial charge is 0.493 e. The van der Waals surface area contributed by atoms with Gasteiger partial charge in [0.2, 0.25) is 5.91 Å². The van der Waals surface area contributed by atoms with Gasteiger partial charge < -0.3 is 34.9 Å². The number of allylic oxidation sites excluding steroid dienone is 2. The molecule has 6 rings (SSSR count). The van der Waals surface area contributed by atoms with Crippen molar-refractivity contribution in [3.8, 4) is 17.2 Å². The predicted octanol–water partition coefficient (Wildman–Crippen LogP) is 5.40. The Bertz CT molecular complexity index is 1530. The number of amides is 1. The van der Waals surface area contributed by atoms with E-state index in [2.05, 4.69) is 34.5 Å². The predicted molar refractivity (Wildman–Crippen MR) is 174 cm³/mol. The van der Waals surface area contributed by atoms with Crippen LogP contribution in [-0.2, 0) is 16.0 Å². The molecule has 1 amide bonds. The molecule has 1 atom stereocenters. The number of carbonyl (C=O) groups excluding carboxylic acids is 1. The van der Waals surface area contributed by atoms with Gasteiger partial charge in [-0.3, -0.25) is 9.79 Å². The van der Waals surface area contributed by atoms with Gasteiger partial charge >= 0.3 is 0 Å². The van der Waals surface area contributed by atoms with Crippen molar-refractivity contribution in [2.45, 2.75) is 25.7 Å². The summed E-state index contributed by atoms with van der Waals surface area (Å²) in [7, 11) is 1.64. The van der Waals surface area contributed by atoms with E-state index in [-0.39, 0.29) is 11.8 Å². The molecule has 3 N–H and O–H groups in total. The number of nitrogens with two attached hydrogens (primary N) is 1. The molecule has 0 saturated carbocycles. The van der Waals surface area contributed by atoms with Crippen molar-refractivity contribution >= 4 is 34.3 Å². The second kappa shape index (κ2) is 14.0. The average molecular weight is 597 g/mol. The highest BCUT2D eigenvalue weighted by Crippen LogP contribution is 2.38. The summed E-state index contributed by atoms with van der Waals surface area (Å²) in [5, 5.41) is 3.13. The van der Waals surface area contributed by atoms with Crippen LogP contribution < -0.4 is 30.2 Å². The minimum Gasteiger partial charge on any atom is -0.493 e. The van der Waals surface area contributed by atoms with E-state index in [0.29, 0.717) is 44.1 Å². The number of anilines is 2. The average Bonchev–Trinajstić information content (AvgIpc) is 3.20. The van der Waals surface area contributed by atoms with Gasteiger partial charge in [-0.2, -0.15) is 0 Å². The minimum absolute atomic E-state index is 0.0206. The normalized spacial score (nSPS) is 17.8. The third-order valence-corrected chi connectivity index (χ3v) is 8.28. The number of aliphatic imine (C=N–C) groups is 1. The molecule has 1 unspecified atom stereocenters. The lowest BCUT2D eigenvalue weighted by Crippen LogP contribution is -2.36. The molecule has 0 radical (unpaired) electrons. The molecule has 1 saturated heterocycles. The molecule has 2 aliphatic heterocycles. The van der Waals surface area contributed by atoms with Crippen LogP contribution in [0.15, 0.2) is 71.7 Å². The first-order valence-corrected chi connectivity index (χ1v) is 15.4.